The molecule has 0 amide bonds. The van der Waals surface area contributed by atoms with Crippen molar-refractivity contribution < 1.29 is 0 Å². The third kappa shape index (κ3) is 7.97. The highest BCUT2D eigenvalue weighted by atomic mass is 32.2. The molecule has 0 saturated heterocycles. The molecule has 1 N–H and O–H groups in total. The second kappa shape index (κ2) is 14.9. The summed E-state index contributed by atoms with van der Waals surface area (Å²) in [7, 11) is 3.97. The minimum atomic E-state index is 0.749. The molecule has 6 heterocycles. The molecule has 236 valence electrons. The molecule has 8 nitrogen and oxygen atoms in total. The number of aromatic amines is 1. The molecular weight excluding hydrogens is 621 g/mol. The zero-order chi connectivity index (χ0) is 32.6. The fourth-order valence-corrected chi connectivity index (χ4v) is 5.95. The minimum Gasteiger partial charge on any atom is -0.331 e. The smallest absolute Gasteiger partial charge is 0.177 e. The zero-order valence-electron chi connectivity index (χ0n) is 26.6. The molecule has 2 aromatic carbocycles. The van der Waals surface area contributed by atoms with E-state index in [0.29, 0.717) is 0 Å². The average molecular weight is 657 g/mol. The van der Waals surface area contributed by atoms with Crippen molar-refractivity contribution in [2.45, 2.75) is 24.3 Å². The zero-order valence-corrected chi connectivity index (χ0v) is 28.2. The van der Waals surface area contributed by atoms with Crippen LogP contribution in [-0.4, -0.2) is 38.3 Å². The predicted octanol–water partition coefficient (Wildman–Crippen LogP) is 8.67. The summed E-state index contributed by atoms with van der Waals surface area (Å²) in [6.07, 6.45) is 9.01. The van der Waals surface area contributed by atoms with Crippen molar-refractivity contribution in [1.29, 1.82) is 0 Å². The maximum absolute atomic E-state index is 5.08. The Bertz CT molecular complexity index is 2170. The molecule has 0 unspecified atom stereocenters. The van der Waals surface area contributed by atoms with Crippen LogP contribution in [0.15, 0.2) is 139 Å². The van der Waals surface area contributed by atoms with Crippen LogP contribution in [0.5, 0.6) is 0 Å². The number of aromatic nitrogens is 8. The molecule has 6 aromatic heterocycles. The highest BCUT2D eigenvalue weighted by Gasteiger charge is 2.09. The van der Waals surface area contributed by atoms with Crippen LogP contribution in [-0.2, 0) is 26.3 Å². The largest absolute Gasteiger partial charge is 0.331 e. The number of H-pyrrole nitrogens is 1. The molecule has 0 saturated carbocycles. The van der Waals surface area contributed by atoms with Gasteiger partial charge in [-0.05, 0) is 60.6 Å². The third-order valence-electron chi connectivity index (χ3n) is 7.43. The lowest BCUT2D eigenvalue weighted by Crippen LogP contribution is -1.91. The summed E-state index contributed by atoms with van der Waals surface area (Å²) in [5, 5.41) is 9.93. The third-order valence-corrected chi connectivity index (χ3v) is 8.89. The number of pyridine rings is 2. The van der Waals surface area contributed by atoms with Gasteiger partial charge in [-0.2, -0.15) is 10.2 Å². The molecule has 0 bridgehead atoms. The quantitative estimate of drug-likeness (QED) is 0.143. The van der Waals surface area contributed by atoms with E-state index in [1.807, 2.05) is 107 Å². The lowest BCUT2D eigenvalue weighted by atomic mass is 10.2. The number of imidazole rings is 2. The van der Waals surface area contributed by atoms with E-state index in [1.54, 1.807) is 11.8 Å². The number of nitrogens with zero attached hydrogens (tertiary/aromatic N) is 7. The maximum Gasteiger partial charge on any atom is 0.177 e. The van der Waals surface area contributed by atoms with Crippen molar-refractivity contribution in [1.82, 2.24) is 38.3 Å². The topological polar surface area (TPSA) is 73.1 Å². The van der Waals surface area contributed by atoms with E-state index in [-0.39, 0.29) is 0 Å². The molecule has 0 spiro atoms. The van der Waals surface area contributed by atoms with Crippen molar-refractivity contribution in [3.8, 4) is 22.5 Å². The number of nitrogens with one attached hydrogen (secondary N) is 1. The Hall–Kier alpha value is -5.19. The Kier molecular flexibility index (Phi) is 10.1. The van der Waals surface area contributed by atoms with E-state index >= 15 is 0 Å². The van der Waals surface area contributed by atoms with Gasteiger partial charge in [-0.3, -0.25) is 0 Å². The van der Waals surface area contributed by atoms with Crippen LogP contribution in [0.25, 0.3) is 33.5 Å². The van der Waals surface area contributed by atoms with Crippen LogP contribution in [0, 0.1) is 4.77 Å². The van der Waals surface area contributed by atoms with Gasteiger partial charge >= 0.3 is 0 Å². The van der Waals surface area contributed by atoms with Crippen molar-refractivity contribution in [3.63, 3.8) is 0 Å². The summed E-state index contributed by atoms with van der Waals surface area (Å²) in [4.78, 5) is 7.88. The van der Waals surface area contributed by atoms with Crippen LogP contribution in [0.1, 0.15) is 18.3 Å². The van der Waals surface area contributed by atoms with Crippen molar-refractivity contribution in [3.05, 3.63) is 150 Å². The molecule has 0 aliphatic carbocycles. The van der Waals surface area contributed by atoms with Crippen LogP contribution < -0.4 is 0 Å². The van der Waals surface area contributed by atoms with Gasteiger partial charge in [0.25, 0.3) is 0 Å². The van der Waals surface area contributed by atoms with E-state index in [0.717, 1.165) is 61.5 Å². The molecule has 10 heteroatoms. The van der Waals surface area contributed by atoms with Crippen molar-refractivity contribution in [2.75, 3.05) is 0 Å². The van der Waals surface area contributed by atoms with Crippen LogP contribution in [0.4, 0.5) is 0 Å². The van der Waals surface area contributed by atoms with Gasteiger partial charge in [0.15, 0.2) is 9.93 Å². The van der Waals surface area contributed by atoms with E-state index in [9.17, 15) is 0 Å². The number of hydrogen-bond donors (Lipinski definition) is 1. The molecular formula is C37H36N8S2. The second-order valence-electron chi connectivity index (χ2n) is 10.9. The summed E-state index contributed by atoms with van der Waals surface area (Å²) in [5.74, 6) is 0.806. The molecule has 8 aromatic rings. The first kappa shape index (κ1) is 31.8. The molecule has 47 heavy (non-hydrogen) atoms. The SMILES string of the molecule is CCc1cc2ccccn2n1.Cn1cc(-c2ccccc2)[nH]c1=S.Cn1cc(-c2ccccc2)nc1SCc1cc2ccccn2n1. The minimum absolute atomic E-state index is 0.749. The normalized spacial score (nSPS) is 10.8. The number of hydrogen-bond acceptors (Lipinski definition) is 5. The van der Waals surface area contributed by atoms with Gasteiger partial charge in [-0.25, -0.2) is 14.0 Å². The average Bonchev–Trinajstić information content (AvgIpc) is 3.90. The Balaban J connectivity index is 0.000000136. The van der Waals surface area contributed by atoms with E-state index in [4.69, 9.17) is 17.2 Å². The number of thioether (sulfide) groups is 1. The first-order chi connectivity index (χ1) is 23.0. The second-order valence-corrected chi connectivity index (χ2v) is 12.2. The van der Waals surface area contributed by atoms with E-state index < -0.39 is 0 Å². The summed E-state index contributed by atoms with van der Waals surface area (Å²) < 4.78 is 8.53. The van der Waals surface area contributed by atoms with E-state index in [1.165, 1.54) is 5.52 Å². The molecule has 0 radical (unpaired) electrons. The van der Waals surface area contributed by atoms with Crippen LogP contribution in [0.3, 0.4) is 0 Å². The van der Waals surface area contributed by atoms with E-state index in [2.05, 4.69) is 81.4 Å². The number of rotatable bonds is 6. The fraction of sp³-hybridized carbons (Fsp3) is 0.135. The maximum atomic E-state index is 5.08. The summed E-state index contributed by atoms with van der Waals surface area (Å²) in [5.41, 5.74) is 8.87. The Labute approximate surface area is 283 Å². The van der Waals surface area contributed by atoms with Crippen LogP contribution in [0.2, 0.25) is 0 Å². The van der Waals surface area contributed by atoms with Gasteiger partial charge in [-0.1, -0.05) is 91.5 Å². The Morgan fingerprint density at radius 3 is 1.83 bits per heavy atom. The first-order valence-corrected chi connectivity index (χ1v) is 16.8. The number of fused-ring (bicyclic) bond motifs is 2. The van der Waals surface area contributed by atoms with Gasteiger partial charge in [0.2, 0.25) is 0 Å². The molecule has 0 aliphatic heterocycles. The lowest BCUT2D eigenvalue weighted by molar-refractivity contribution is 0.789. The van der Waals surface area contributed by atoms with Gasteiger partial charge < -0.3 is 14.1 Å². The summed E-state index contributed by atoms with van der Waals surface area (Å²) in [6, 6.07) is 36.8. The Morgan fingerprint density at radius 2 is 1.26 bits per heavy atom. The molecule has 0 fully saturated rings. The Morgan fingerprint density at radius 1 is 0.681 bits per heavy atom. The van der Waals surface area contributed by atoms with Gasteiger partial charge in [-0.15, -0.1) is 0 Å². The lowest BCUT2D eigenvalue weighted by Gasteiger charge is -1.98. The van der Waals surface area contributed by atoms with Crippen LogP contribution >= 0.6 is 24.0 Å². The summed E-state index contributed by atoms with van der Waals surface area (Å²) >= 11 is 6.79. The number of benzene rings is 2. The summed E-state index contributed by atoms with van der Waals surface area (Å²) in [6.45, 7) is 2.11. The first-order valence-electron chi connectivity index (χ1n) is 15.4. The van der Waals surface area contributed by atoms with Crippen molar-refractivity contribution >= 4 is 35.0 Å². The highest BCUT2D eigenvalue weighted by Crippen LogP contribution is 2.26. The van der Waals surface area contributed by atoms with Gasteiger partial charge in [0.1, 0.15) is 0 Å². The highest BCUT2D eigenvalue weighted by molar-refractivity contribution is 7.98. The standard InChI is InChI=1S/C18H16N4S.C10H10N2S.C9H10N2/c1-21-12-17(14-7-3-2-4-8-14)19-18(21)23-13-15-11-16-9-5-6-10-22(16)20-15;1-12-7-9(11-10(12)13)8-5-3-2-4-6-8;1-2-8-7-9-5-3-4-6-11(9)10-8/h2-12H,13H2,1H3;2-7H,1H3,(H,11,13);3-7H,2H2,1H3. The molecule has 8 rings (SSSR count). The number of aryl methyl sites for hydroxylation is 3. The molecule has 0 atom stereocenters. The monoisotopic (exact) mass is 656 g/mol. The predicted molar refractivity (Wildman–Crippen MR) is 194 cm³/mol. The van der Waals surface area contributed by atoms with Crippen molar-refractivity contribution in [2.24, 2.45) is 14.1 Å². The molecule has 0 aliphatic rings. The van der Waals surface area contributed by atoms with Gasteiger partial charge in [0, 0.05) is 50.2 Å². The van der Waals surface area contributed by atoms with Gasteiger partial charge in [0.05, 0.1) is 33.8 Å². The fourth-order valence-electron chi connectivity index (χ4n) is 4.95.